The highest BCUT2D eigenvalue weighted by molar-refractivity contribution is 7.93. The van der Waals surface area contributed by atoms with E-state index in [9.17, 15) is 25.6 Å². The third-order valence-corrected chi connectivity index (χ3v) is 6.48. The summed E-state index contributed by atoms with van der Waals surface area (Å²) in [6, 6.07) is 6.46. The van der Waals surface area contributed by atoms with E-state index in [2.05, 4.69) is 0 Å². The zero-order valence-electron chi connectivity index (χ0n) is 12.1. The second-order valence-corrected chi connectivity index (χ2v) is 8.57. The minimum Gasteiger partial charge on any atom is -0.266 e. The standard InChI is InChI=1S/C14H12F2N2O4S2/c15-11-2-1-3-12(16)14(11)24(21,22)18-7-6-9-8-10(23(17,19)20)4-5-13(9)18/h1-5,8H,6-7H2,(H2,17,19,20). The number of anilines is 1. The Hall–Kier alpha value is -2.04. The van der Waals surface area contributed by atoms with Gasteiger partial charge in [0.15, 0.2) is 4.90 Å². The Morgan fingerprint density at radius 2 is 1.62 bits per heavy atom. The van der Waals surface area contributed by atoms with Crippen LogP contribution in [0.3, 0.4) is 0 Å². The van der Waals surface area contributed by atoms with Crippen LogP contribution in [0.25, 0.3) is 0 Å². The molecule has 0 atom stereocenters. The Kier molecular flexibility index (Phi) is 3.85. The van der Waals surface area contributed by atoms with Gasteiger partial charge in [0.05, 0.1) is 10.6 Å². The van der Waals surface area contributed by atoms with Gasteiger partial charge in [-0.05, 0) is 42.3 Å². The molecule has 0 fully saturated rings. The minimum atomic E-state index is -4.46. The number of fused-ring (bicyclic) bond motifs is 1. The molecule has 128 valence electrons. The largest absolute Gasteiger partial charge is 0.270 e. The van der Waals surface area contributed by atoms with Crippen LogP contribution in [0, 0.1) is 11.6 Å². The molecule has 0 unspecified atom stereocenters. The minimum absolute atomic E-state index is 0.0560. The van der Waals surface area contributed by atoms with E-state index < -0.39 is 36.6 Å². The maximum Gasteiger partial charge on any atom is 0.270 e. The molecule has 0 radical (unpaired) electrons. The van der Waals surface area contributed by atoms with E-state index in [1.54, 1.807) is 0 Å². The lowest BCUT2D eigenvalue weighted by Crippen LogP contribution is -2.30. The van der Waals surface area contributed by atoms with Gasteiger partial charge in [-0.15, -0.1) is 0 Å². The summed E-state index contributed by atoms with van der Waals surface area (Å²) in [6.45, 7) is -0.0560. The van der Waals surface area contributed by atoms with Crippen molar-refractivity contribution in [2.24, 2.45) is 5.14 Å². The highest BCUT2D eigenvalue weighted by Gasteiger charge is 2.35. The molecule has 2 aromatic rings. The summed E-state index contributed by atoms with van der Waals surface area (Å²) in [5.74, 6) is -2.38. The van der Waals surface area contributed by atoms with E-state index in [-0.39, 0.29) is 23.5 Å². The first-order valence-electron chi connectivity index (χ1n) is 6.75. The van der Waals surface area contributed by atoms with Crippen molar-refractivity contribution >= 4 is 25.7 Å². The molecule has 6 nitrogen and oxygen atoms in total. The molecule has 0 saturated carbocycles. The highest BCUT2D eigenvalue weighted by atomic mass is 32.2. The van der Waals surface area contributed by atoms with E-state index in [4.69, 9.17) is 5.14 Å². The molecule has 1 aliphatic heterocycles. The Morgan fingerprint density at radius 1 is 1.00 bits per heavy atom. The number of benzene rings is 2. The maximum atomic E-state index is 13.9. The number of halogens is 2. The predicted octanol–water partition coefficient (Wildman–Crippen LogP) is 1.36. The molecule has 0 spiro atoms. The normalized spacial score (nSPS) is 14.7. The molecular weight excluding hydrogens is 362 g/mol. The van der Waals surface area contributed by atoms with Crippen molar-refractivity contribution in [3.05, 3.63) is 53.6 Å². The Labute approximate surface area is 137 Å². The first-order chi connectivity index (χ1) is 11.1. The van der Waals surface area contributed by atoms with Gasteiger partial charge in [0, 0.05) is 6.54 Å². The lowest BCUT2D eigenvalue weighted by Gasteiger charge is -2.20. The summed E-state index contributed by atoms with van der Waals surface area (Å²) in [4.78, 5) is -1.19. The molecule has 2 N–H and O–H groups in total. The molecule has 24 heavy (non-hydrogen) atoms. The van der Waals surface area contributed by atoms with E-state index in [1.807, 2.05) is 0 Å². The second kappa shape index (κ2) is 5.50. The first kappa shape index (κ1) is 16.8. The lowest BCUT2D eigenvalue weighted by atomic mass is 10.2. The summed E-state index contributed by atoms with van der Waals surface area (Å²) in [6.07, 6.45) is 0.202. The Bertz CT molecular complexity index is 1020. The molecule has 0 saturated heterocycles. The van der Waals surface area contributed by atoms with Crippen molar-refractivity contribution in [2.45, 2.75) is 16.2 Å². The van der Waals surface area contributed by atoms with Gasteiger partial charge in [-0.2, -0.15) is 0 Å². The van der Waals surface area contributed by atoms with Crippen LogP contribution in [0.1, 0.15) is 5.56 Å². The first-order valence-corrected chi connectivity index (χ1v) is 9.73. The van der Waals surface area contributed by atoms with Crippen LogP contribution in [0.15, 0.2) is 46.2 Å². The molecule has 1 aliphatic rings. The molecule has 2 aromatic carbocycles. The Morgan fingerprint density at radius 3 is 2.21 bits per heavy atom. The zero-order valence-corrected chi connectivity index (χ0v) is 13.7. The van der Waals surface area contributed by atoms with Crippen LogP contribution in [-0.2, 0) is 26.5 Å². The van der Waals surface area contributed by atoms with Gasteiger partial charge in [0.25, 0.3) is 10.0 Å². The highest BCUT2D eigenvalue weighted by Crippen LogP contribution is 2.35. The van der Waals surface area contributed by atoms with Crippen LogP contribution in [0.2, 0.25) is 0 Å². The lowest BCUT2D eigenvalue weighted by molar-refractivity contribution is 0.518. The number of nitrogens with two attached hydrogens (primary N) is 1. The van der Waals surface area contributed by atoms with Gasteiger partial charge in [-0.1, -0.05) is 6.07 Å². The molecule has 3 rings (SSSR count). The zero-order chi connectivity index (χ0) is 17.7. The number of sulfonamides is 2. The SMILES string of the molecule is NS(=O)(=O)c1ccc2c(c1)CCN2S(=O)(=O)c1c(F)cccc1F. The average molecular weight is 374 g/mol. The molecular formula is C14H12F2N2O4S2. The van der Waals surface area contributed by atoms with E-state index in [0.29, 0.717) is 5.56 Å². The molecule has 1 heterocycles. The number of primary sulfonamides is 1. The second-order valence-electron chi connectivity index (χ2n) is 5.21. The van der Waals surface area contributed by atoms with Crippen molar-refractivity contribution in [3.8, 4) is 0 Å². The topological polar surface area (TPSA) is 97.5 Å². The summed E-state index contributed by atoms with van der Waals surface area (Å²) >= 11 is 0. The van der Waals surface area contributed by atoms with E-state index in [0.717, 1.165) is 28.6 Å². The summed E-state index contributed by atoms with van der Waals surface area (Å²) in [5.41, 5.74) is 0.590. The average Bonchev–Trinajstić information content (AvgIpc) is 2.89. The molecule has 0 amide bonds. The monoisotopic (exact) mass is 374 g/mol. The molecule has 0 aromatic heterocycles. The van der Waals surface area contributed by atoms with Gasteiger partial charge in [0.2, 0.25) is 10.0 Å². The summed E-state index contributed by atoms with van der Waals surface area (Å²) < 4.78 is 76.6. The van der Waals surface area contributed by atoms with Crippen LogP contribution < -0.4 is 9.44 Å². The fraction of sp³-hybridized carbons (Fsp3) is 0.143. The van der Waals surface area contributed by atoms with Crippen LogP contribution >= 0.6 is 0 Å². The fourth-order valence-electron chi connectivity index (χ4n) is 2.61. The van der Waals surface area contributed by atoms with Crippen molar-refractivity contribution in [1.29, 1.82) is 0 Å². The maximum absolute atomic E-state index is 13.9. The number of nitrogens with zero attached hydrogens (tertiary/aromatic N) is 1. The molecule has 0 bridgehead atoms. The van der Waals surface area contributed by atoms with Crippen molar-refractivity contribution in [2.75, 3.05) is 10.8 Å². The van der Waals surface area contributed by atoms with Gasteiger partial charge in [0.1, 0.15) is 11.6 Å². The number of rotatable bonds is 3. The third kappa shape index (κ3) is 2.66. The van der Waals surface area contributed by atoms with Crippen LogP contribution in [0.4, 0.5) is 14.5 Å². The van der Waals surface area contributed by atoms with Crippen molar-refractivity contribution < 1.29 is 25.6 Å². The van der Waals surface area contributed by atoms with E-state index >= 15 is 0 Å². The van der Waals surface area contributed by atoms with Gasteiger partial charge in [-0.25, -0.2) is 30.8 Å². The summed E-state index contributed by atoms with van der Waals surface area (Å²) in [5, 5.41) is 5.04. The van der Waals surface area contributed by atoms with Gasteiger partial charge < -0.3 is 0 Å². The molecule has 10 heteroatoms. The smallest absolute Gasteiger partial charge is 0.266 e. The third-order valence-electron chi connectivity index (χ3n) is 3.70. The van der Waals surface area contributed by atoms with Crippen molar-refractivity contribution in [3.63, 3.8) is 0 Å². The van der Waals surface area contributed by atoms with Gasteiger partial charge >= 0.3 is 0 Å². The number of hydrogen-bond acceptors (Lipinski definition) is 4. The van der Waals surface area contributed by atoms with Crippen molar-refractivity contribution in [1.82, 2.24) is 0 Å². The van der Waals surface area contributed by atoms with Crippen LogP contribution in [-0.4, -0.2) is 23.4 Å². The van der Waals surface area contributed by atoms with E-state index in [1.165, 1.54) is 12.1 Å². The number of hydrogen-bond donors (Lipinski definition) is 1. The summed E-state index contributed by atoms with van der Waals surface area (Å²) in [7, 11) is -8.39. The van der Waals surface area contributed by atoms with Crippen LogP contribution in [0.5, 0.6) is 0 Å². The fourth-order valence-corrected chi connectivity index (χ4v) is 4.80. The quantitative estimate of drug-likeness (QED) is 0.877. The predicted molar refractivity (Wildman–Crippen MR) is 82.4 cm³/mol. The van der Waals surface area contributed by atoms with Gasteiger partial charge in [-0.3, -0.25) is 4.31 Å². The molecule has 0 aliphatic carbocycles. The Balaban J connectivity index is 2.12.